The molecule has 3 atom stereocenters. The fourth-order valence-electron chi connectivity index (χ4n) is 3.18. The van der Waals surface area contributed by atoms with E-state index in [9.17, 15) is 9.90 Å². The van der Waals surface area contributed by atoms with E-state index in [0.29, 0.717) is 5.92 Å². The van der Waals surface area contributed by atoms with Crippen LogP contribution >= 0.6 is 0 Å². The Hall–Kier alpha value is -0.810. The number of methoxy groups -OCH3 is 1. The number of aliphatic hydroxyl groups excluding tert-OH is 1. The zero-order valence-electron chi connectivity index (χ0n) is 12.7. The van der Waals surface area contributed by atoms with Crippen LogP contribution in [0.25, 0.3) is 0 Å². The Kier molecular flexibility index (Phi) is 5.27. The van der Waals surface area contributed by atoms with Gasteiger partial charge in [-0.25, -0.2) is 4.79 Å². The SMILES string of the molecule is CO[C@@H]1CCCCC[C@@H]1NC(=O)N[C@](C)(CO)C1CC1. The molecule has 5 heteroatoms. The molecule has 2 aliphatic carbocycles. The molecule has 0 radical (unpaired) electrons. The molecule has 0 saturated heterocycles. The van der Waals surface area contributed by atoms with Gasteiger partial charge in [0.15, 0.2) is 0 Å². The summed E-state index contributed by atoms with van der Waals surface area (Å²) in [6.07, 6.45) is 7.73. The van der Waals surface area contributed by atoms with Crippen LogP contribution in [0.5, 0.6) is 0 Å². The van der Waals surface area contributed by atoms with E-state index in [1.54, 1.807) is 7.11 Å². The third-order valence-electron chi connectivity index (χ3n) is 4.78. The number of carbonyl (C=O) groups is 1. The fourth-order valence-corrected chi connectivity index (χ4v) is 3.18. The van der Waals surface area contributed by atoms with Crippen molar-refractivity contribution in [3.8, 4) is 0 Å². The van der Waals surface area contributed by atoms with Crippen molar-refractivity contribution < 1.29 is 14.6 Å². The smallest absolute Gasteiger partial charge is 0.315 e. The van der Waals surface area contributed by atoms with E-state index in [4.69, 9.17) is 4.74 Å². The van der Waals surface area contributed by atoms with E-state index in [-0.39, 0.29) is 24.8 Å². The van der Waals surface area contributed by atoms with Crippen LogP contribution in [-0.4, -0.2) is 42.5 Å². The number of hydrogen-bond acceptors (Lipinski definition) is 3. The molecule has 2 saturated carbocycles. The molecule has 0 heterocycles. The van der Waals surface area contributed by atoms with Gasteiger partial charge in [-0.3, -0.25) is 0 Å². The average Bonchev–Trinajstić information content (AvgIpc) is 3.26. The van der Waals surface area contributed by atoms with E-state index in [0.717, 1.165) is 38.5 Å². The van der Waals surface area contributed by atoms with Gasteiger partial charge in [-0.05, 0) is 38.5 Å². The highest BCUT2D eigenvalue weighted by Crippen LogP contribution is 2.39. The highest BCUT2D eigenvalue weighted by Gasteiger charge is 2.42. The van der Waals surface area contributed by atoms with Crippen molar-refractivity contribution >= 4 is 6.03 Å². The van der Waals surface area contributed by atoms with E-state index < -0.39 is 5.54 Å². The second kappa shape index (κ2) is 6.76. The molecule has 2 rings (SSSR count). The van der Waals surface area contributed by atoms with Crippen LogP contribution in [0.15, 0.2) is 0 Å². The van der Waals surface area contributed by atoms with Crippen molar-refractivity contribution in [2.75, 3.05) is 13.7 Å². The summed E-state index contributed by atoms with van der Waals surface area (Å²) in [5.41, 5.74) is -0.489. The topological polar surface area (TPSA) is 70.6 Å². The number of rotatable bonds is 5. The van der Waals surface area contributed by atoms with Crippen molar-refractivity contribution in [1.29, 1.82) is 0 Å². The minimum atomic E-state index is -0.489. The number of urea groups is 1. The van der Waals surface area contributed by atoms with Crippen LogP contribution in [0.1, 0.15) is 51.9 Å². The summed E-state index contributed by atoms with van der Waals surface area (Å²) < 4.78 is 5.51. The van der Waals surface area contributed by atoms with Crippen LogP contribution in [0.4, 0.5) is 4.79 Å². The number of aliphatic hydroxyl groups is 1. The summed E-state index contributed by atoms with van der Waals surface area (Å²) in [6, 6.07) is -0.105. The summed E-state index contributed by atoms with van der Waals surface area (Å²) in [4.78, 5) is 12.2. The molecule has 0 bridgehead atoms. The van der Waals surface area contributed by atoms with E-state index >= 15 is 0 Å². The van der Waals surface area contributed by atoms with Crippen LogP contribution in [-0.2, 0) is 4.74 Å². The maximum Gasteiger partial charge on any atom is 0.315 e. The van der Waals surface area contributed by atoms with Crippen molar-refractivity contribution in [1.82, 2.24) is 10.6 Å². The Morgan fingerprint density at radius 2 is 1.95 bits per heavy atom. The Labute approximate surface area is 121 Å². The zero-order chi connectivity index (χ0) is 14.6. The van der Waals surface area contributed by atoms with Gasteiger partial charge in [-0.1, -0.05) is 19.3 Å². The number of nitrogens with one attached hydrogen (secondary N) is 2. The molecule has 5 nitrogen and oxygen atoms in total. The number of ether oxygens (including phenoxy) is 1. The lowest BCUT2D eigenvalue weighted by Crippen LogP contribution is -2.57. The molecule has 0 aromatic rings. The molecule has 2 aliphatic rings. The first kappa shape index (κ1) is 15.6. The van der Waals surface area contributed by atoms with Crippen molar-refractivity contribution in [3.63, 3.8) is 0 Å². The Bertz CT molecular complexity index is 333. The number of carbonyl (C=O) groups excluding carboxylic acids is 1. The van der Waals surface area contributed by atoms with Gasteiger partial charge in [-0.2, -0.15) is 0 Å². The number of amides is 2. The average molecular weight is 284 g/mol. The summed E-state index contributed by atoms with van der Waals surface area (Å²) in [5.74, 6) is 0.408. The lowest BCUT2D eigenvalue weighted by atomic mass is 9.97. The van der Waals surface area contributed by atoms with Crippen LogP contribution in [0, 0.1) is 5.92 Å². The zero-order valence-corrected chi connectivity index (χ0v) is 12.7. The molecule has 3 N–H and O–H groups in total. The highest BCUT2D eigenvalue weighted by molar-refractivity contribution is 5.75. The lowest BCUT2D eigenvalue weighted by molar-refractivity contribution is 0.0647. The van der Waals surface area contributed by atoms with Crippen molar-refractivity contribution in [2.24, 2.45) is 5.92 Å². The molecule has 0 spiro atoms. The summed E-state index contributed by atoms with van der Waals surface area (Å²) in [5, 5.41) is 15.5. The maximum atomic E-state index is 12.2. The van der Waals surface area contributed by atoms with Gasteiger partial charge in [0.1, 0.15) is 0 Å². The summed E-state index contributed by atoms with van der Waals surface area (Å²) in [6.45, 7) is 1.91. The second-order valence-corrected chi connectivity index (χ2v) is 6.47. The van der Waals surface area contributed by atoms with Gasteiger partial charge in [0.25, 0.3) is 0 Å². The molecule has 2 amide bonds. The van der Waals surface area contributed by atoms with Gasteiger partial charge in [0.05, 0.1) is 24.3 Å². The first-order valence-electron chi connectivity index (χ1n) is 7.81. The second-order valence-electron chi connectivity index (χ2n) is 6.47. The predicted octanol–water partition coefficient (Wildman–Crippen LogP) is 1.79. The lowest BCUT2D eigenvalue weighted by Gasteiger charge is -2.31. The van der Waals surface area contributed by atoms with E-state index in [2.05, 4.69) is 10.6 Å². The Balaban J connectivity index is 1.88. The monoisotopic (exact) mass is 284 g/mol. The summed E-state index contributed by atoms with van der Waals surface area (Å²) >= 11 is 0. The molecular weight excluding hydrogens is 256 g/mol. The molecule has 0 unspecified atom stereocenters. The minimum Gasteiger partial charge on any atom is -0.394 e. The Morgan fingerprint density at radius 1 is 1.25 bits per heavy atom. The van der Waals surface area contributed by atoms with Crippen molar-refractivity contribution in [3.05, 3.63) is 0 Å². The standard InChI is InChI=1S/C15H28N2O3/c1-15(10-18,11-8-9-11)17-14(19)16-12-6-4-3-5-7-13(12)20-2/h11-13,18H,3-10H2,1-2H3,(H2,16,17,19)/t12-,13+,15+/m0/s1. The summed E-state index contributed by atoms with van der Waals surface area (Å²) in [7, 11) is 1.71. The maximum absolute atomic E-state index is 12.2. The minimum absolute atomic E-state index is 0.0105. The van der Waals surface area contributed by atoms with E-state index in [1.165, 1.54) is 6.42 Å². The van der Waals surface area contributed by atoms with Crippen LogP contribution in [0.3, 0.4) is 0 Å². The molecule has 0 aromatic heterocycles. The first-order chi connectivity index (χ1) is 9.59. The molecule has 0 aromatic carbocycles. The van der Waals surface area contributed by atoms with Crippen LogP contribution < -0.4 is 10.6 Å². The van der Waals surface area contributed by atoms with Crippen molar-refractivity contribution in [2.45, 2.75) is 69.6 Å². The normalized spacial score (nSPS) is 30.1. The molecule has 116 valence electrons. The molecular formula is C15H28N2O3. The third kappa shape index (κ3) is 3.85. The van der Waals surface area contributed by atoms with Gasteiger partial charge < -0.3 is 20.5 Å². The van der Waals surface area contributed by atoms with Gasteiger partial charge in [0, 0.05) is 7.11 Å². The molecule has 2 fully saturated rings. The van der Waals surface area contributed by atoms with Gasteiger partial charge in [0.2, 0.25) is 0 Å². The van der Waals surface area contributed by atoms with Crippen LogP contribution in [0.2, 0.25) is 0 Å². The molecule has 20 heavy (non-hydrogen) atoms. The number of hydrogen-bond donors (Lipinski definition) is 3. The predicted molar refractivity (Wildman–Crippen MR) is 77.6 cm³/mol. The van der Waals surface area contributed by atoms with Gasteiger partial charge >= 0.3 is 6.03 Å². The largest absolute Gasteiger partial charge is 0.394 e. The quantitative estimate of drug-likeness (QED) is 0.674. The van der Waals surface area contributed by atoms with Gasteiger partial charge in [-0.15, -0.1) is 0 Å². The third-order valence-corrected chi connectivity index (χ3v) is 4.78. The van der Waals surface area contributed by atoms with E-state index in [1.807, 2.05) is 6.92 Å². The first-order valence-corrected chi connectivity index (χ1v) is 7.81. The fraction of sp³-hybridized carbons (Fsp3) is 0.933. The highest BCUT2D eigenvalue weighted by atomic mass is 16.5. The Morgan fingerprint density at radius 3 is 2.55 bits per heavy atom. The molecule has 0 aliphatic heterocycles.